The van der Waals surface area contributed by atoms with E-state index >= 15 is 0 Å². The molecule has 4 nitrogen and oxygen atoms in total. The van der Waals surface area contributed by atoms with Gasteiger partial charge in [0.1, 0.15) is 5.82 Å². The lowest BCUT2D eigenvalue weighted by Gasteiger charge is -2.07. The maximum atomic E-state index is 5.84. The van der Waals surface area contributed by atoms with Gasteiger partial charge in [-0.05, 0) is 18.2 Å². The van der Waals surface area contributed by atoms with E-state index in [1.165, 1.54) is 0 Å². The second-order valence-corrected chi connectivity index (χ2v) is 4.04. The molecule has 0 aliphatic heterocycles. The van der Waals surface area contributed by atoms with Crippen LogP contribution in [0.1, 0.15) is 5.82 Å². The molecule has 1 aromatic heterocycles. The van der Waals surface area contributed by atoms with Crippen molar-refractivity contribution in [2.45, 2.75) is 6.54 Å². The van der Waals surface area contributed by atoms with Crippen molar-refractivity contribution in [1.29, 1.82) is 0 Å². The Morgan fingerprint density at radius 2 is 2.33 bits per heavy atom. The lowest BCUT2D eigenvalue weighted by molar-refractivity contribution is 1.00. The van der Waals surface area contributed by atoms with Gasteiger partial charge in [0.15, 0.2) is 0 Å². The SMILES string of the molecule is Nc1cc(Br)ccc1NCc1ncc[nH]1. The summed E-state index contributed by atoms with van der Waals surface area (Å²) in [5.74, 6) is 0.886. The highest BCUT2D eigenvalue weighted by Gasteiger charge is 2.00. The number of aromatic amines is 1. The van der Waals surface area contributed by atoms with Gasteiger partial charge >= 0.3 is 0 Å². The van der Waals surface area contributed by atoms with E-state index in [0.717, 1.165) is 21.7 Å². The van der Waals surface area contributed by atoms with E-state index in [-0.39, 0.29) is 0 Å². The van der Waals surface area contributed by atoms with Gasteiger partial charge in [-0.2, -0.15) is 0 Å². The van der Waals surface area contributed by atoms with Crippen LogP contribution < -0.4 is 11.1 Å². The molecule has 0 saturated heterocycles. The summed E-state index contributed by atoms with van der Waals surface area (Å²) in [6.45, 7) is 0.638. The Labute approximate surface area is 96.0 Å². The molecule has 0 bridgehead atoms. The van der Waals surface area contributed by atoms with Gasteiger partial charge in [0, 0.05) is 16.9 Å². The molecular formula is C10H11BrN4. The number of rotatable bonds is 3. The molecule has 0 radical (unpaired) electrons. The number of aromatic nitrogens is 2. The predicted molar refractivity (Wildman–Crippen MR) is 64.5 cm³/mol. The summed E-state index contributed by atoms with van der Waals surface area (Å²) in [6, 6.07) is 5.74. The Morgan fingerprint density at radius 3 is 3.00 bits per heavy atom. The maximum Gasteiger partial charge on any atom is 0.125 e. The van der Waals surface area contributed by atoms with Gasteiger partial charge in [-0.25, -0.2) is 4.98 Å². The Morgan fingerprint density at radius 1 is 1.47 bits per heavy atom. The van der Waals surface area contributed by atoms with Crippen LogP contribution in [-0.2, 0) is 6.54 Å². The van der Waals surface area contributed by atoms with Crippen molar-refractivity contribution in [2.24, 2.45) is 0 Å². The predicted octanol–water partition coefficient (Wildman–Crippen LogP) is 2.37. The molecule has 4 N–H and O–H groups in total. The zero-order valence-corrected chi connectivity index (χ0v) is 9.58. The number of imidazole rings is 1. The lowest BCUT2D eigenvalue weighted by atomic mass is 10.2. The van der Waals surface area contributed by atoms with Crippen molar-refractivity contribution >= 4 is 27.3 Å². The van der Waals surface area contributed by atoms with Crippen molar-refractivity contribution in [3.05, 3.63) is 40.9 Å². The molecule has 0 saturated carbocycles. The number of H-pyrrole nitrogens is 1. The Balaban J connectivity index is 2.05. The Hall–Kier alpha value is -1.49. The van der Waals surface area contributed by atoms with Crippen LogP contribution in [0.4, 0.5) is 11.4 Å². The Kier molecular flexibility index (Phi) is 2.91. The number of nitrogens with zero attached hydrogens (tertiary/aromatic N) is 1. The summed E-state index contributed by atoms with van der Waals surface area (Å²) in [7, 11) is 0. The molecule has 0 amide bonds. The number of nitrogens with two attached hydrogens (primary N) is 1. The minimum atomic E-state index is 0.638. The highest BCUT2D eigenvalue weighted by Crippen LogP contribution is 2.23. The van der Waals surface area contributed by atoms with Crippen LogP contribution in [0.5, 0.6) is 0 Å². The van der Waals surface area contributed by atoms with E-state index < -0.39 is 0 Å². The third-order valence-corrected chi connectivity index (χ3v) is 2.51. The van der Waals surface area contributed by atoms with Gasteiger partial charge in [-0.3, -0.25) is 0 Å². The summed E-state index contributed by atoms with van der Waals surface area (Å²) >= 11 is 3.36. The maximum absolute atomic E-state index is 5.84. The van der Waals surface area contributed by atoms with Gasteiger partial charge in [-0.15, -0.1) is 0 Å². The summed E-state index contributed by atoms with van der Waals surface area (Å²) in [5, 5.41) is 3.20. The van der Waals surface area contributed by atoms with Crippen LogP contribution in [0.3, 0.4) is 0 Å². The number of nitrogens with one attached hydrogen (secondary N) is 2. The molecule has 0 aliphatic rings. The van der Waals surface area contributed by atoms with E-state index in [1.54, 1.807) is 12.4 Å². The highest BCUT2D eigenvalue weighted by atomic mass is 79.9. The molecule has 0 aliphatic carbocycles. The van der Waals surface area contributed by atoms with E-state index in [4.69, 9.17) is 5.73 Å². The van der Waals surface area contributed by atoms with Crippen molar-refractivity contribution in [1.82, 2.24) is 9.97 Å². The second-order valence-electron chi connectivity index (χ2n) is 3.12. The third-order valence-electron chi connectivity index (χ3n) is 2.01. The first-order valence-corrected chi connectivity index (χ1v) is 5.32. The van der Waals surface area contributed by atoms with Gasteiger partial charge in [0.05, 0.1) is 17.9 Å². The molecule has 15 heavy (non-hydrogen) atoms. The van der Waals surface area contributed by atoms with Gasteiger partial charge < -0.3 is 16.0 Å². The fourth-order valence-electron chi connectivity index (χ4n) is 1.27. The van der Waals surface area contributed by atoms with Crippen molar-refractivity contribution in [3.8, 4) is 0 Å². The quantitative estimate of drug-likeness (QED) is 0.748. The topological polar surface area (TPSA) is 66.7 Å². The number of anilines is 2. The van der Waals surface area contributed by atoms with Crippen LogP contribution in [0, 0.1) is 0 Å². The normalized spacial score (nSPS) is 10.2. The molecule has 2 aromatic rings. The van der Waals surface area contributed by atoms with Crippen LogP contribution >= 0.6 is 15.9 Å². The minimum absolute atomic E-state index is 0.638. The number of benzene rings is 1. The van der Waals surface area contributed by atoms with E-state index in [0.29, 0.717) is 6.54 Å². The van der Waals surface area contributed by atoms with Crippen LogP contribution in [0.2, 0.25) is 0 Å². The molecule has 2 rings (SSSR count). The minimum Gasteiger partial charge on any atom is -0.397 e. The van der Waals surface area contributed by atoms with Crippen molar-refractivity contribution in [2.75, 3.05) is 11.1 Å². The first-order chi connectivity index (χ1) is 7.25. The molecule has 1 heterocycles. The molecule has 0 atom stereocenters. The first-order valence-electron chi connectivity index (χ1n) is 4.53. The second kappa shape index (κ2) is 4.35. The summed E-state index contributed by atoms with van der Waals surface area (Å²) < 4.78 is 0.976. The average molecular weight is 267 g/mol. The highest BCUT2D eigenvalue weighted by molar-refractivity contribution is 9.10. The fraction of sp³-hybridized carbons (Fsp3) is 0.100. The van der Waals surface area contributed by atoms with Gasteiger partial charge in [0.25, 0.3) is 0 Å². The summed E-state index contributed by atoms with van der Waals surface area (Å²) in [4.78, 5) is 7.12. The molecule has 0 unspecified atom stereocenters. The molecule has 5 heteroatoms. The van der Waals surface area contributed by atoms with Crippen molar-refractivity contribution in [3.63, 3.8) is 0 Å². The molecule has 78 valence electrons. The zero-order chi connectivity index (χ0) is 10.7. The van der Waals surface area contributed by atoms with E-state index in [2.05, 4.69) is 31.2 Å². The fourth-order valence-corrected chi connectivity index (χ4v) is 1.65. The van der Waals surface area contributed by atoms with Crippen molar-refractivity contribution < 1.29 is 0 Å². The number of hydrogen-bond acceptors (Lipinski definition) is 3. The van der Waals surface area contributed by atoms with Crippen LogP contribution in [-0.4, -0.2) is 9.97 Å². The number of halogens is 1. The van der Waals surface area contributed by atoms with E-state index in [1.807, 2.05) is 18.2 Å². The largest absolute Gasteiger partial charge is 0.397 e. The molecule has 0 fully saturated rings. The van der Waals surface area contributed by atoms with Crippen LogP contribution in [0.15, 0.2) is 35.1 Å². The number of nitrogen functional groups attached to an aromatic ring is 1. The Bertz CT molecular complexity index is 439. The standard InChI is InChI=1S/C10H11BrN4/c11-7-1-2-9(8(12)5-7)15-6-10-13-3-4-14-10/h1-5,15H,6,12H2,(H,13,14). The average Bonchev–Trinajstić information content (AvgIpc) is 2.69. The number of hydrogen-bond donors (Lipinski definition) is 3. The van der Waals surface area contributed by atoms with Gasteiger partial charge in [0.2, 0.25) is 0 Å². The van der Waals surface area contributed by atoms with E-state index in [9.17, 15) is 0 Å². The third kappa shape index (κ3) is 2.50. The molecule has 0 spiro atoms. The summed E-state index contributed by atoms with van der Waals surface area (Å²) in [5.41, 5.74) is 7.47. The molecular weight excluding hydrogens is 256 g/mol. The summed E-state index contributed by atoms with van der Waals surface area (Å²) in [6.07, 6.45) is 3.52. The lowest BCUT2D eigenvalue weighted by Crippen LogP contribution is -2.03. The first kappa shape index (κ1) is 10.0. The monoisotopic (exact) mass is 266 g/mol. The zero-order valence-electron chi connectivity index (χ0n) is 8.00. The smallest absolute Gasteiger partial charge is 0.125 e. The van der Waals surface area contributed by atoms with Crippen LogP contribution in [0.25, 0.3) is 0 Å². The molecule has 1 aromatic carbocycles. The van der Waals surface area contributed by atoms with Gasteiger partial charge in [-0.1, -0.05) is 15.9 Å².